The number of carbonyl (C=O) groups excluding carboxylic acids is 1. The quantitative estimate of drug-likeness (QED) is 0.317. The van der Waals surface area contributed by atoms with Crippen LogP contribution in [-0.2, 0) is 4.74 Å². The summed E-state index contributed by atoms with van der Waals surface area (Å²) in [5.41, 5.74) is 2.48. The highest BCUT2D eigenvalue weighted by Crippen LogP contribution is 2.28. The second-order valence-corrected chi connectivity index (χ2v) is 8.67. The Morgan fingerprint density at radius 2 is 1.43 bits per heavy atom. The number of hydrogen-bond donors (Lipinski definition) is 0. The number of esters is 1. The average molecular weight is 484 g/mol. The molecule has 0 heterocycles. The fourth-order valence-electron chi connectivity index (χ4n) is 4.43. The van der Waals surface area contributed by atoms with Crippen LogP contribution >= 0.6 is 0 Å². The summed E-state index contributed by atoms with van der Waals surface area (Å²) in [5, 5.41) is 0. The summed E-state index contributed by atoms with van der Waals surface area (Å²) in [6.45, 7) is 19.6. The first-order valence-electron chi connectivity index (χ1n) is 13.1. The van der Waals surface area contributed by atoms with E-state index in [2.05, 4.69) is 49.3 Å². The number of likely N-dealkylation sites (N-methyl/N-ethyl adjacent to an activating group) is 3. The van der Waals surface area contributed by atoms with Gasteiger partial charge in [-0.1, -0.05) is 71.0 Å². The van der Waals surface area contributed by atoms with E-state index in [0.717, 1.165) is 63.5 Å². The molecule has 0 aliphatic heterocycles. The van der Waals surface area contributed by atoms with Gasteiger partial charge < -0.3 is 19.3 Å². The summed E-state index contributed by atoms with van der Waals surface area (Å²) in [6.07, 6.45) is 0. The molecule has 2 rings (SSSR count). The highest BCUT2D eigenvalue weighted by molar-refractivity contribution is 5.94. The Hall–Kier alpha value is -2.41. The molecule has 0 spiro atoms. The third-order valence-corrected chi connectivity index (χ3v) is 6.80. The molecule has 0 bridgehead atoms. The van der Waals surface area contributed by atoms with Crippen molar-refractivity contribution in [3.63, 3.8) is 0 Å². The highest BCUT2D eigenvalue weighted by atomic mass is 16.5. The van der Waals surface area contributed by atoms with Crippen LogP contribution in [0.2, 0.25) is 0 Å². The molecule has 0 saturated carbocycles. The lowest BCUT2D eigenvalue weighted by Crippen LogP contribution is -2.48. The minimum Gasteiger partial charge on any atom is -0.491 e. The van der Waals surface area contributed by atoms with E-state index in [-0.39, 0.29) is 12.0 Å². The Morgan fingerprint density at radius 3 is 2.00 bits per heavy atom. The number of ether oxygens (including phenoxy) is 2. The maximum absolute atomic E-state index is 12.6. The van der Waals surface area contributed by atoms with Gasteiger partial charge in [0.1, 0.15) is 17.9 Å². The predicted octanol–water partition coefficient (Wildman–Crippen LogP) is 4.89. The summed E-state index contributed by atoms with van der Waals surface area (Å²) in [4.78, 5) is 20.0. The lowest BCUT2D eigenvalue weighted by Gasteiger charge is -2.34. The Labute approximate surface area is 212 Å². The van der Waals surface area contributed by atoms with Gasteiger partial charge in [0.05, 0.1) is 13.2 Å². The monoisotopic (exact) mass is 483 g/mol. The van der Waals surface area contributed by atoms with E-state index in [4.69, 9.17) is 9.47 Å². The second-order valence-electron chi connectivity index (χ2n) is 8.67. The predicted molar refractivity (Wildman–Crippen MR) is 145 cm³/mol. The van der Waals surface area contributed by atoms with Gasteiger partial charge in [0.2, 0.25) is 0 Å². The smallest absolute Gasteiger partial charge is 0.341 e. The third kappa shape index (κ3) is 8.64. The zero-order valence-corrected chi connectivity index (χ0v) is 22.6. The van der Waals surface area contributed by atoms with Crippen LogP contribution in [0, 0.1) is 0 Å². The lowest BCUT2D eigenvalue weighted by atomic mass is 10.0. The van der Waals surface area contributed by atoms with E-state index in [9.17, 15) is 4.79 Å². The molecule has 2 aromatic carbocycles. The van der Waals surface area contributed by atoms with E-state index in [1.165, 1.54) is 7.11 Å². The Kier molecular flexibility index (Phi) is 12.8. The first-order valence-corrected chi connectivity index (χ1v) is 13.1. The number of hydrogen-bond acceptors (Lipinski definition) is 6. The molecule has 35 heavy (non-hydrogen) atoms. The van der Waals surface area contributed by atoms with E-state index in [0.29, 0.717) is 17.9 Å². The van der Waals surface area contributed by atoms with E-state index in [1.807, 2.05) is 48.5 Å². The molecule has 194 valence electrons. The van der Waals surface area contributed by atoms with Crippen molar-refractivity contribution < 1.29 is 14.3 Å². The zero-order valence-electron chi connectivity index (χ0n) is 22.6. The van der Waals surface area contributed by atoms with Crippen molar-refractivity contribution in [3.05, 3.63) is 54.1 Å². The highest BCUT2D eigenvalue weighted by Gasteiger charge is 2.22. The Balaban J connectivity index is 2.20. The molecule has 0 radical (unpaired) electrons. The van der Waals surface area contributed by atoms with Crippen LogP contribution in [0.1, 0.15) is 45.0 Å². The van der Waals surface area contributed by atoms with Crippen molar-refractivity contribution in [3.8, 4) is 16.9 Å². The summed E-state index contributed by atoms with van der Waals surface area (Å²) in [5.74, 6) is 0.187. The summed E-state index contributed by atoms with van der Waals surface area (Å²) >= 11 is 0. The van der Waals surface area contributed by atoms with Gasteiger partial charge in [0.15, 0.2) is 0 Å². The van der Waals surface area contributed by atoms with Crippen LogP contribution in [0.5, 0.6) is 5.75 Å². The van der Waals surface area contributed by atoms with Gasteiger partial charge in [-0.2, -0.15) is 0 Å². The first-order chi connectivity index (χ1) is 17.0. The van der Waals surface area contributed by atoms with Crippen LogP contribution in [0.15, 0.2) is 48.5 Å². The zero-order chi connectivity index (χ0) is 25.6. The van der Waals surface area contributed by atoms with Crippen molar-refractivity contribution in [2.45, 2.75) is 40.7 Å². The number of carbonyl (C=O) groups is 1. The first kappa shape index (κ1) is 28.8. The van der Waals surface area contributed by atoms with Crippen LogP contribution in [-0.4, -0.2) is 92.8 Å². The summed E-state index contributed by atoms with van der Waals surface area (Å²) in [7, 11) is 1.41. The van der Waals surface area contributed by atoms with Crippen LogP contribution in [0.3, 0.4) is 0 Å². The van der Waals surface area contributed by atoms with Crippen LogP contribution in [0.25, 0.3) is 11.1 Å². The van der Waals surface area contributed by atoms with E-state index in [1.54, 1.807) is 0 Å². The molecule has 0 amide bonds. The largest absolute Gasteiger partial charge is 0.491 e. The van der Waals surface area contributed by atoms with Gasteiger partial charge in [-0.25, -0.2) is 4.79 Å². The molecule has 2 aromatic rings. The normalized spacial score (nSPS) is 12.4. The Morgan fingerprint density at radius 1 is 0.800 bits per heavy atom. The van der Waals surface area contributed by atoms with Crippen molar-refractivity contribution in [1.82, 2.24) is 14.7 Å². The van der Waals surface area contributed by atoms with Gasteiger partial charge in [-0.3, -0.25) is 4.90 Å². The molecule has 0 fully saturated rings. The second kappa shape index (κ2) is 15.6. The molecular formula is C29H45N3O3. The van der Waals surface area contributed by atoms with Gasteiger partial charge in [-0.05, 0) is 56.0 Å². The molecule has 0 aromatic heterocycles. The maximum atomic E-state index is 12.6. The van der Waals surface area contributed by atoms with Gasteiger partial charge in [0.25, 0.3) is 0 Å². The fourth-order valence-corrected chi connectivity index (χ4v) is 4.43. The SMILES string of the molecule is CCN(CC)CCN(CC)CC(COc1ccc(-c2ccccc2)cc1C(=O)OC)N(CC)CC. The number of methoxy groups -OCH3 is 1. The summed E-state index contributed by atoms with van der Waals surface area (Å²) < 4.78 is 11.4. The molecular weight excluding hydrogens is 438 g/mol. The van der Waals surface area contributed by atoms with Crippen molar-refractivity contribution >= 4 is 5.97 Å². The van der Waals surface area contributed by atoms with Gasteiger partial charge in [0, 0.05) is 19.6 Å². The van der Waals surface area contributed by atoms with Crippen molar-refractivity contribution in [2.75, 3.05) is 66.1 Å². The molecule has 0 N–H and O–H groups in total. The van der Waals surface area contributed by atoms with Crippen LogP contribution < -0.4 is 4.74 Å². The third-order valence-electron chi connectivity index (χ3n) is 6.80. The lowest BCUT2D eigenvalue weighted by molar-refractivity contribution is 0.0590. The number of benzene rings is 2. The Bertz CT molecular complexity index is 867. The average Bonchev–Trinajstić information content (AvgIpc) is 2.91. The summed E-state index contributed by atoms with van der Waals surface area (Å²) in [6, 6.07) is 16.0. The van der Waals surface area contributed by atoms with Crippen LogP contribution in [0.4, 0.5) is 0 Å². The molecule has 6 nitrogen and oxygen atoms in total. The molecule has 6 heteroatoms. The standard InChI is InChI=1S/C29H45N3O3/c1-7-30(8-2)19-20-31(9-3)22-26(32(10-4)11-5)23-35-28-18-17-25(21-27(28)29(33)34-6)24-15-13-12-14-16-24/h12-18,21,26H,7-11,19-20,22-23H2,1-6H3. The number of nitrogens with zero attached hydrogens (tertiary/aromatic N) is 3. The molecule has 0 aliphatic carbocycles. The van der Waals surface area contributed by atoms with Crippen molar-refractivity contribution in [1.29, 1.82) is 0 Å². The van der Waals surface area contributed by atoms with Gasteiger partial charge in [-0.15, -0.1) is 0 Å². The minimum atomic E-state index is -0.383. The molecule has 1 atom stereocenters. The topological polar surface area (TPSA) is 45.3 Å². The van der Waals surface area contributed by atoms with E-state index < -0.39 is 0 Å². The number of rotatable bonds is 16. The molecule has 0 aliphatic rings. The maximum Gasteiger partial charge on any atom is 0.341 e. The van der Waals surface area contributed by atoms with Gasteiger partial charge >= 0.3 is 5.97 Å². The minimum absolute atomic E-state index is 0.223. The molecule has 0 saturated heterocycles. The fraction of sp³-hybridized carbons (Fsp3) is 0.552. The van der Waals surface area contributed by atoms with E-state index >= 15 is 0 Å². The molecule has 1 unspecified atom stereocenters. The van der Waals surface area contributed by atoms with Crippen molar-refractivity contribution in [2.24, 2.45) is 0 Å².